The van der Waals surface area contributed by atoms with Crippen molar-refractivity contribution in [3.05, 3.63) is 77.9 Å². The molecule has 0 atom stereocenters. The number of nitrogens with zero attached hydrogens (tertiary/aromatic N) is 1. The van der Waals surface area contributed by atoms with E-state index in [9.17, 15) is 0 Å². The molecule has 0 unspecified atom stereocenters. The van der Waals surface area contributed by atoms with Crippen molar-refractivity contribution in [2.24, 2.45) is 0 Å². The van der Waals surface area contributed by atoms with Crippen molar-refractivity contribution < 1.29 is 46.5 Å². The molecule has 3 rings (SSSR count). The number of rotatable bonds is 3. The Morgan fingerprint density at radius 1 is 1.04 bits per heavy atom. The zero-order valence-electron chi connectivity index (χ0n) is 17.4. The number of fused-ring (bicyclic) bond motifs is 1. The number of halogens is 2. The number of nitrogens with one attached hydrogen (secondary N) is 1. The van der Waals surface area contributed by atoms with Gasteiger partial charge in [0.05, 0.1) is 0 Å². The molecule has 2 aromatic carbocycles. The molecule has 0 amide bonds. The van der Waals surface area contributed by atoms with E-state index in [0.29, 0.717) is 0 Å². The first-order valence-electron chi connectivity index (χ1n) is 8.78. The van der Waals surface area contributed by atoms with Crippen LogP contribution >= 0.6 is 0 Å². The maximum Gasteiger partial charge on any atom is 2.00 e. The minimum Gasteiger partial charge on any atom is -1.00 e. The fourth-order valence-corrected chi connectivity index (χ4v) is 2.88. The molecule has 0 aliphatic heterocycles. The Kier molecular flexibility index (Phi) is 13.4. The standard InChI is InChI=1S/C19H20N.C4H10N.2ClH.Ti/c1-14-18-7-5-4-6-16(18)10-11-19(14)17-9-8-15(12-17)13-20(2)3;1-4(2,3)5;;;/h4-8,10-12H,1,9,13H2,2-3H3;5H,1-3H3;2*1H;/q2*-1;;;+2/p-2. The Balaban J connectivity index is 0. The van der Waals surface area contributed by atoms with E-state index in [4.69, 9.17) is 5.73 Å². The van der Waals surface area contributed by atoms with Crippen molar-refractivity contribution in [1.29, 1.82) is 0 Å². The Morgan fingerprint density at radius 3 is 2.18 bits per heavy atom. The van der Waals surface area contributed by atoms with Gasteiger partial charge in [-0.25, -0.2) is 0 Å². The fraction of sp³-hybridized carbons (Fsp3) is 0.348. The van der Waals surface area contributed by atoms with E-state index in [1.165, 1.54) is 27.5 Å². The van der Waals surface area contributed by atoms with Crippen LogP contribution in [0, 0.1) is 6.92 Å². The van der Waals surface area contributed by atoms with Crippen molar-refractivity contribution in [2.75, 3.05) is 20.6 Å². The summed E-state index contributed by atoms with van der Waals surface area (Å²) in [5, 5.41) is 2.52. The summed E-state index contributed by atoms with van der Waals surface area (Å²) in [4.78, 5) is 2.21. The molecule has 28 heavy (non-hydrogen) atoms. The molecular weight excluding hydrogens is 423 g/mol. The zero-order chi connectivity index (χ0) is 18.6. The molecule has 0 aromatic heterocycles. The van der Waals surface area contributed by atoms with Crippen LogP contribution in [0.1, 0.15) is 38.3 Å². The van der Waals surface area contributed by atoms with Crippen LogP contribution in [0.25, 0.3) is 22.1 Å². The Bertz CT molecular complexity index is 800. The molecule has 0 bridgehead atoms. The molecule has 1 N–H and O–H groups in total. The van der Waals surface area contributed by atoms with Crippen molar-refractivity contribution in [2.45, 2.75) is 32.7 Å². The zero-order valence-corrected chi connectivity index (χ0v) is 20.5. The number of hydrogen-bond acceptors (Lipinski definition) is 1. The number of allylic oxidation sites excluding steroid dienone is 2. The van der Waals surface area contributed by atoms with Crippen LogP contribution in [-0.4, -0.2) is 31.1 Å². The van der Waals surface area contributed by atoms with E-state index in [2.05, 4.69) is 74.5 Å². The Labute approximate surface area is 198 Å². The molecule has 2 aromatic rings. The third-order valence-corrected chi connectivity index (χ3v) is 3.83. The van der Waals surface area contributed by atoms with Gasteiger partial charge < -0.3 is 35.4 Å². The predicted octanol–water partition coefficient (Wildman–Crippen LogP) is 0.140. The molecule has 0 heterocycles. The van der Waals surface area contributed by atoms with Crippen LogP contribution in [0.5, 0.6) is 0 Å². The molecule has 0 spiro atoms. The van der Waals surface area contributed by atoms with E-state index < -0.39 is 0 Å². The molecule has 0 fully saturated rings. The van der Waals surface area contributed by atoms with Gasteiger partial charge >= 0.3 is 21.7 Å². The predicted molar refractivity (Wildman–Crippen MR) is 112 cm³/mol. The second-order valence-electron chi connectivity index (χ2n) is 7.95. The second kappa shape index (κ2) is 12.7. The number of likely N-dealkylation sites (N-methyl/N-ethyl adjacent to an activating group) is 1. The van der Waals surface area contributed by atoms with Crippen molar-refractivity contribution in [1.82, 2.24) is 4.90 Å². The van der Waals surface area contributed by atoms with Crippen molar-refractivity contribution in [3.8, 4) is 0 Å². The van der Waals surface area contributed by atoms with Gasteiger partial charge in [0.2, 0.25) is 0 Å². The third kappa shape index (κ3) is 9.17. The van der Waals surface area contributed by atoms with Crippen molar-refractivity contribution in [3.63, 3.8) is 0 Å². The summed E-state index contributed by atoms with van der Waals surface area (Å²) >= 11 is 0. The first-order chi connectivity index (χ1) is 11.6. The topological polar surface area (TPSA) is 27.0 Å². The minimum atomic E-state index is -0.250. The summed E-state index contributed by atoms with van der Waals surface area (Å²) in [6, 6.07) is 12.9. The van der Waals surface area contributed by atoms with E-state index in [1.54, 1.807) is 0 Å². The summed E-state index contributed by atoms with van der Waals surface area (Å²) in [5.74, 6) is 0. The van der Waals surface area contributed by atoms with Gasteiger partial charge in [-0.3, -0.25) is 0 Å². The fourth-order valence-electron chi connectivity index (χ4n) is 2.88. The van der Waals surface area contributed by atoms with Crippen molar-refractivity contribution >= 4 is 16.3 Å². The first-order valence-corrected chi connectivity index (χ1v) is 8.78. The summed E-state index contributed by atoms with van der Waals surface area (Å²) in [6.07, 6.45) is 5.66. The van der Waals surface area contributed by atoms with Gasteiger partial charge in [0.25, 0.3) is 0 Å². The quantitative estimate of drug-likeness (QED) is 0.480. The van der Waals surface area contributed by atoms with Crippen LogP contribution < -0.4 is 24.8 Å². The normalized spacial score (nSPS) is 12.7. The summed E-state index contributed by atoms with van der Waals surface area (Å²) in [5.41, 5.74) is 11.9. The molecule has 1 aliphatic carbocycles. The average Bonchev–Trinajstić information content (AvgIpc) is 2.93. The molecule has 1 aliphatic rings. The van der Waals surface area contributed by atoms with Gasteiger partial charge in [-0.05, 0) is 26.1 Å². The maximum absolute atomic E-state index is 6.94. The third-order valence-electron chi connectivity index (χ3n) is 3.83. The van der Waals surface area contributed by atoms with Gasteiger partial charge in [-0.15, -0.1) is 28.6 Å². The monoisotopic (exact) mass is 452 g/mol. The van der Waals surface area contributed by atoms with E-state index in [0.717, 1.165) is 18.5 Å². The molecule has 152 valence electrons. The number of benzene rings is 2. The molecule has 0 saturated heterocycles. The summed E-state index contributed by atoms with van der Waals surface area (Å²) in [6.45, 7) is 10.9. The van der Waals surface area contributed by atoms with Gasteiger partial charge in [-0.1, -0.05) is 68.1 Å². The van der Waals surface area contributed by atoms with Crippen LogP contribution in [0.2, 0.25) is 0 Å². The molecular formula is C23H30Cl2N2Ti-2. The molecule has 5 heteroatoms. The SMILES string of the molecule is CC(C)(C)[NH-].[CH2-]c1c(C2=CC(CN(C)C)=CC2)ccc2ccccc12.[Cl-].[Cl-].[Ti+2]. The molecule has 2 nitrogen and oxygen atoms in total. The molecule has 0 saturated carbocycles. The van der Waals surface area contributed by atoms with Crippen LogP contribution in [-0.2, 0) is 21.7 Å². The van der Waals surface area contributed by atoms with E-state index in [1.807, 2.05) is 20.8 Å². The summed E-state index contributed by atoms with van der Waals surface area (Å²) < 4.78 is 0. The van der Waals surface area contributed by atoms with Gasteiger partial charge in [-0.2, -0.15) is 12.5 Å². The number of hydrogen-bond donors (Lipinski definition) is 0. The van der Waals surface area contributed by atoms with Crippen LogP contribution in [0.4, 0.5) is 0 Å². The smallest absolute Gasteiger partial charge is 1.00 e. The Hall–Kier alpha value is -0.736. The average molecular weight is 453 g/mol. The van der Waals surface area contributed by atoms with Gasteiger partial charge in [0.15, 0.2) is 0 Å². The van der Waals surface area contributed by atoms with Crippen LogP contribution in [0.3, 0.4) is 0 Å². The minimum absolute atomic E-state index is 0. The second-order valence-corrected chi connectivity index (χ2v) is 7.95. The van der Waals surface area contributed by atoms with Gasteiger partial charge in [0.1, 0.15) is 0 Å². The Morgan fingerprint density at radius 2 is 1.61 bits per heavy atom. The van der Waals surface area contributed by atoms with E-state index >= 15 is 0 Å². The first kappa shape index (κ1) is 29.5. The largest absolute Gasteiger partial charge is 2.00 e. The summed E-state index contributed by atoms with van der Waals surface area (Å²) in [7, 11) is 4.21. The molecule has 0 radical (unpaired) electrons. The van der Waals surface area contributed by atoms with Gasteiger partial charge in [0, 0.05) is 6.54 Å². The van der Waals surface area contributed by atoms with Crippen LogP contribution in [0.15, 0.2) is 54.1 Å². The maximum atomic E-state index is 6.94. The van der Waals surface area contributed by atoms with E-state index in [-0.39, 0.29) is 52.1 Å².